The van der Waals surface area contributed by atoms with Gasteiger partial charge in [0.25, 0.3) is 30.4 Å². The topological polar surface area (TPSA) is 246 Å². The second-order valence-electron chi connectivity index (χ2n) is 9.15. The van der Waals surface area contributed by atoms with Crippen molar-refractivity contribution in [2.75, 3.05) is 5.73 Å². The molecule has 0 aromatic heterocycles. The van der Waals surface area contributed by atoms with Crippen LogP contribution in [0.4, 0.5) is 31.5 Å². The van der Waals surface area contributed by atoms with Crippen molar-refractivity contribution in [1.29, 1.82) is 0 Å². The summed E-state index contributed by atoms with van der Waals surface area (Å²) in [6.07, 6.45) is 0. The number of nitrogen functional groups attached to an aromatic ring is 1. The van der Waals surface area contributed by atoms with Crippen molar-refractivity contribution in [3.63, 3.8) is 0 Å². The second-order valence-corrected chi connectivity index (χ2v) is 13.3. The number of benzene rings is 4. The maximum absolute atomic E-state index is 15.1. The van der Waals surface area contributed by atoms with Crippen LogP contribution in [0, 0.1) is 18.6 Å². The lowest BCUT2D eigenvalue weighted by molar-refractivity contribution is 0.455. The summed E-state index contributed by atoms with van der Waals surface area (Å²) in [6.45, 7) is 1.55. The van der Waals surface area contributed by atoms with E-state index in [0.29, 0.717) is 11.6 Å². The second kappa shape index (κ2) is 9.82. The van der Waals surface area contributed by atoms with E-state index in [1.165, 1.54) is 24.3 Å². The molecule has 14 nitrogen and oxygen atoms in total. The standard InChI is InChI=1S/C24H16F2N4O10S3/c1-9-2-5-14(16(6-9)41(32,33)34)29-30-21-11-7-17(42(35,36)37)19(23(31)10(11)3-4-13(21)27)22-18-15(28-22)8-12(25)24(20(18)26)43(38,39)40/h2-8,31H,27H2,1H3,(H,32,33,34)(H,35,36,37)(H,38,39,40). The Morgan fingerprint density at radius 3 is 2.05 bits per heavy atom. The van der Waals surface area contributed by atoms with Crippen LogP contribution >= 0.6 is 0 Å². The molecular formula is C24H16F2N4O10S3. The SMILES string of the molecule is Cc1ccc(N=Nc2c(N)ccc3c(O)c(C4=Nc5cc(F)c(S(=O)(=O)O)c(F)c54)c(S(=O)(=O)O)cc23)c(S(=O)(=O)O)c1. The van der Waals surface area contributed by atoms with E-state index in [2.05, 4.69) is 15.2 Å². The van der Waals surface area contributed by atoms with Crippen LogP contribution in [0.3, 0.4) is 0 Å². The fraction of sp³-hybridized carbons (Fsp3) is 0.0417. The maximum Gasteiger partial charge on any atom is 0.300 e. The number of hydrogen-bond acceptors (Lipinski definition) is 11. The molecule has 0 bridgehead atoms. The lowest BCUT2D eigenvalue weighted by Crippen LogP contribution is -2.20. The van der Waals surface area contributed by atoms with Gasteiger partial charge in [0.15, 0.2) is 10.7 Å². The van der Waals surface area contributed by atoms with Gasteiger partial charge >= 0.3 is 0 Å². The summed E-state index contributed by atoms with van der Waals surface area (Å²) < 4.78 is 130. The normalized spacial score (nSPS) is 13.7. The average molecular weight is 655 g/mol. The van der Waals surface area contributed by atoms with Gasteiger partial charge in [-0.25, -0.2) is 13.8 Å². The smallest absolute Gasteiger partial charge is 0.300 e. The highest BCUT2D eigenvalue weighted by atomic mass is 32.2. The van der Waals surface area contributed by atoms with E-state index < -0.39 is 85.0 Å². The highest BCUT2D eigenvalue weighted by Gasteiger charge is 2.37. The number of aromatic hydroxyl groups is 1. The molecule has 4 aromatic carbocycles. The predicted octanol–water partition coefficient (Wildman–Crippen LogP) is 4.35. The molecule has 43 heavy (non-hydrogen) atoms. The number of aryl methyl sites for hydroxylation is 1. The number of hydrogen-bond donors (Lipinski definition) is 5. The van der Waals surface area contributed by atoms with Gasteiger partial charge in [0.05, 0.1) is 28.2 Å². The fourth-order valence-corrected chi connectivity index (χ4v) is 6.49. The molecule has 224 valence electrons. The average Bonchev–Trinajstić information content (AvgIpc) is 2.84. The van der Waals surface area contributed by atoms with Crippen LogP contribution in [0.5, 0.6) is 5.75 Å². The molecule has 6 N–H and O–H groups in total. The molecule has 0 spiro atoms. The minimum Gasteiger partial charge on any atom is -0.507 e. The third kappa shape index (κ3) is 5.11. The van der Waals surface area contributed by atoms with E-state index in [0.717, 1.165) is 12.1 Å². The Labute approximate surface area is 241 Å². The molecule has 1 aliphatic heterocycles. The Bertz CT molecular complexity index is 2320. The Morgan fingerprint density at radius 2 is 1.44 bits per heavy atom. The van der Waals surface area contributed by atoms with Gasteiger partial charge in [-0.2, -0.15) is 25.3 Å². The van der Waals surface area contributed by atoms with Crippen molar-refractivity contribution < 1.29 is 52.8 Å². The number of fused-ring (bicyclic) bond motifs is 2. The van der Waals surface area contributed by atoms with Crippen LogP contribution in [-0.4, -0.2) is 49.7 Å². The molecule has 0 saturated heterocycles. The van der Waals surface area contributed by atoms with Crippen LogP contribution in [0.2, 0.25) is 0 Å². The Balaban J connectivity index is 1.77. The first-order chi connectivity index (χ1) is 19.8. The first-order valence-corrected chi connectivity index (χ1v) is 15.8. The zero-order chi connectivity index (χ0) is 31.8. The van der Waals surface area contributed by atoms with E-state index in [1.807, 2.05) is 0 Å². The lowest BCUT2D eigenvalue weighted by atomic mass is 9.91. The summed E-state index contributed by atoms with van der Waals surface area (Å²) in [4.78, 5) is 0.332. The highest BCUT2D eigenvalue weighted by molar-refractivity contribution is 7.86. The summed E-state index contributed by atoms with van der Waals surface area (Å²) in [5.41, 5.74) is 2.83. The van der Waals surface area contributed by atoms with Crippen LogP contribution in [0.15, 0.2) is 72.4 Å². The number of phenolic OH excluding ortho intramolecular Hbond substituents is 1. The van der Waals surface area contributed by atoms with Crippen LogP contribution in [-0.2, 0) is 30.4 Å². The third-order valence-corrected chi connectivity index (χ3v) is 8.96. The van der Waals surface area contributed by atoms with Crippen LogP contribution in [0.1, 0.15) is 16.7 Å². The van der Waals surface area contributed by atoms with Crippen molar-refractivity contribution in [3.8, 4) is 5.75 Å². The molecule has 0 saturated carbocycles. The minimum absolute atomic E-state index is 0.171. The van der Waals surface area contributed by atoms with E-state index in [9.17, 15) is 48.4 Å². The van der Waals surface area contributed by atoms with E-state index in [1.54, 1.807) is 6.92 Å². The molecule has 1 aliphatic rings. The number of nitrogens with two attached hydrogens (primary N) is 1. The van der Waals surface area contributed by atoms with Crippen molar-refractivity contribution >= 4 is 69.6 Å². The van der Waals surface area contributed by atoms with Gasteiger partial charge in [-0.3, -0.25) is 13.7 Å². The van der Waals surface area contributed by atoms with Gasteiger partial charge in [0.2, 0.25) is 0 Å². The lowest BCUT2D eigenvalue weighted by Gasteiger charge is -2.23. The molecule has 0 aliphatic carbocycles. The van der Waals surface area contributed by atoms with Gasteiger partial charge in [-0.15, -0.1) is 10.2 Å². The maximum atomic E-state index is 15.1. The van der Waals surface area contributed by atoms with Gasteiger partial charge < -0.3 is 10.8 Å². The molecule has 0 atom stereocenters. The molecule has 19 heteroatoms. The monoisotopic (exact) mass is 654 g/mol. The number of aliphatic imine (C=N–C) groups is 1. The van der Waals surface area contributed by atoms with Gasteiger partial charge in [0, 0.05) is 16.8 Å². The Morgan fingerprint density at radius 1 is 0.791 bits per heavy atom. The van der Waals surface area contributed by atoms with Crippen molar-refractivity contribution in [3.05, 3.63) is 70.8 Å². The van der Waals surface area contributed by atoms with Crippen molar-refractivity contribution in [1.82, 2.24) is 0 Å². The predicted molar refractivity (Wildman–Crippen MR) is 146 cm³/mol. The zero-order valence-electron chi connectivity index (χ0n) is 21.2. The number of azo groups is 1. The fourth-order valence-electron chi connectivity index (χ4n) is 4.43. The van der Waals surface area contributed by atoms with E-state index in [-0.39, 0.29) is 27.8 Å². The summed E-state index contributed by atoms with van der Waals surface area (Å²) in [5.74, 6) is -4.46. The van der Waals surface area contributed by atoms with Crippen molar-refractivity contribution in [2.24, 2.45) is 15.2 Å². The van der Waals surface area contributed by atoms with Gasteiger partial charge in [0.1, 0.15) is 32.7 Å². The number of halogens is 2. The Kier molecular flexibility index (Phi) is 6.87. The summed E-state index contributed by atoms with van der Waals surface area (Å²) in [5, 5.41) is 18.4. The summed E-state index contributed by atoms with van der Waals surface area (Å²) >= 11 is 0. The highest BCUT2D eigenvalue weighted by Crippen LogP contribution is 2.47. The largest absolute Gasteiger partial charge is 0.507 e. The molecule has 0 radical (unpaired) electrons. The first-order valence-electron chi connectivity index (χ1n) is 11.4. The van der Waals surface area contributed by atoms with E-state index >= 15 is 4.39 Å². The summed E-state index contributed by atoms with van der Waals surface area (Å²) in [6, 6.07) is 7.37. The molecule has 1 heterocycles. The van der Waals surface area contributed by atoms with Crippen LogP contribution in [0.25, 0.3) is 10.8 Å². The quantitative estimate of drug-likeness (QED) is 0.0978. The molecule has 4 aromatic rings. The van der Waals surface area contributed by atoms with Crippen LogP contribution < -0.4 is 5.73 Å². The van der Waals surface area contributed by atoms with Gasteiger partial charge in [-0.05, 0) is 42.8 Å². The number of phenols is 1. The molecule has 0 unspecified atom stereocenters. The summed E-state index contributed by atoms with van der Waals surface area (Å²) in [7, 11) is -15.5. The molecule has 0 amide bonds. The number of anilines is 1. The first kappa shape index (κ1) is 30.1. The molecule has 0 fully saturated rings. The minimum atomic E-state index is -5.44. The number of nitrogens with zero attached hydrogens (tertiary/aromatic N) is 3. The molecular weight excluding hydrogens is 638 g/mol. The third-order valence-electron chi connectivity index (χ3n) is 6.31. The molecule has 5 rings (SSSR count). The Hall–Kier alpha value is -4.40. The van der Waals surface area contributed by atoms with Crippen molar-refractivity contribution in [2.45, 2.75) is 21.6 Å². The number of rotatable bonds is 6. The van der Waals surface area contributed by atoms with Gasteiger partial charge in [-0.1, -0.05) is 6.07 Å². The van der Waals surface area contributed by atoms with E-state index in [4.69, 9.17) is 5.73 Å². The zero-order valence-corrected chi connectivity index (χ0v) is 23.6.